The highest BCUT2D eigenvalue weighted by Gasteiger charge is 2.19. The molecule has 0 fully saturated rings. The Morgan fingerprint density at radius 3 is 2.55 bits per heavy atom. The zero-order chi connectivity index (χ0) is 27.4. The first-order valence-electron chi connectivity index (χ1n) is 12.3. The number of carbonyl (C=O) groups is 2. The van der Waals surface area contributed by atoms with E-state index in [1.165, 1.54) is 23.6 Å². The van der Waals surface area contributed by atoms with Gasteiger partial charge in [0.1, 0.15) is 17.2 Å². The number of nitrogens with zero attached hydrogens (tertiary/aromatic N) is 3. The van der Waals surface area contributed by atoms with Crippen LogP contribution in [0.3, 0.4) is 0 Å². The first-order chi connectivity index (χ1) is 18.2. The Morgan fingerprint density at radius 1 is 1.11 bits per heavy atom. The highest BCUT2D eigenvalue weighted by molar-refractivity contribution is 5.90. The number of halogens is 1. The summed E-state index contributed by atoms with van der Waals surface area (Å²) in [5.74, 6) is -0.897. The number of nitrogens with two attached hydrogens (primary N) is 1. The van der Waals surface area contributed by atoms with E-state index >= 15 is 0 Å². The third kappa shape index (κ3) is 5.72. The lowest BCUT2D eigenvalue weighted by Crippen LogP contribution is -2.40. The molecule has 0 saturated carbocycles. The van der Waals surface area contributed by atoms with Crippen LogP contribution in [0.15, 0.2) is 52.1 Å². The van der Waals surface area contributed by atoms with E-state index < -0.39 is 23.0 Å². The zero-order valence-corrected chi connectivity index (χ0v) is 21.2. The van der Waals surface area contributed by atoms with Gasteiger partial charge >= 0.3 is 5.69 Å². The summed E-state index contributed by atoms with van der Waals surface area (Å²) < 4.78 is 16.8. The molecular formula is C27H29FN6O4. The Morgan fingerprint density at radius 2 is 1.87 bits per heavy atom. The van der Waals surface area contributed by atoms with Gasteiger partial charge in [-0.15, -0.1) is 0 Å². The summed E-state index contributed by atoms with van der Waals surface area (Å²) in [6.45, 7) is 3.48. The second kappa shape index (κ2) is 11.2. The van der Waals surface area contributed by atoms with Crippen molar-refractivity contribution in [2.24, 2.45) is 5.73 Å². The van der Waals surface area contributed by atoms with Crippen LogP contribution in [0, 0.1) is 5.82 Å². The van der Waals surface area contributed by atoms with Crippen molar-refractivity contribution in [1.82, 2.24) is 19.1 Å². The van der Waals surface area contributed by atoms with Gasteiger partial charge in [0.25, 0.3) is 5.56 Å². The van der Waals surface area contributed by atoms with Gasteiger partial charge in [-0.1, -0.05) is 43.7 Å². The fourth-order valence-electron chi connectivity index (χ4n) is 4.33. The van der Waals surface area contributed by atoms with E-state index in [0.717, 1.165) is 11.0 Å². The Balaban J connectivity index is 1.80. The number of fused-ring (bicyclic) bond motifs is 1. The summed E-state index contributed by atoms with van der Waals surface area (Å²) in [7, 11) is 0. The van der Waals surface area contributed by atoms with Crippen LogP contribution < -0.4 is 22.3 Å². The number of aromatic nitrogens is 4. The molecule has 0 radical (unpaired) electrons. The first kappa shape index (κ1) is 26.5. The maximum absolute atomic E-state index is 14.3. The fourth-order valence-corrected chi connectivity index (χ4v) is 4.33. The minimum Gasteiger partial charge on any atom is -0.369 e. The van der Waals surface area contributed by atoms with Crippen LogP contribution in [0.2, 0.25) is 0 Å². The van der Waals surface area contributed by atoms with Gasteiger partial charge in [-0.3, -0.25) is 23.5 Å². The van der Waals surface area contributed by atoms with E-state index in [0.29, 0.717) is 35.6 Å². The number of amides is 2. The van der Waals surface area contributed by atoms with Crippen LogP contribution in [0.25, 0.3) is 11.2 Å². The minimum absolute atomic E-state index is 0.0166. The number of aryl methyl sites for hydroxylation is 1. The van der Waals surface area contributed by atoms with Crippen molar-refractivity contribution in [1.29, 1.82) is 0 Å². The third-order valence-electron chi connectivity index (χ3n) is 6.15. The Hall–Kier alpha value is -4.54. The molecule has 0 bridgehead atoms. The van der Waals surface area contributed by atoms with Crippen molar-refractivity contribution in [3.8, 4) is 0 Å². The standard InChI is InChI=1S/C27H29FN6O4/c1-3-4-11-33-25-24(26(37)34(27(33)38)15-19-7-5-6-8-20(19)28)31-23(32-25)14-18-10-9-17(13-22(29)36)12-21(18)30-16(2)35/h5-10,12H,3-4,11,13-15H2,1-2H3,(H2,29,36)(H,30,35)(H,31,32). The van der Waals surface area contributed by atoms with E-state index in [4.69, 9.17) is 5.73 Å². The van der Waals surface area contributed by atoms with E-state index in [9.17, 15) is 23.6 Å². The number of anilines is 1. The summed E-state index contributed by atoms with van der Waals surface area (Å²) in [6.07, 6.45) is 1.72. The molecule has 10 nitrogen and oxygen atoms in total. The van der Waals surface area contributed by atoms with Gasteiger partial charge in [-0.2, -0.15) is 0 Å². The monoisotopic (exact) mass is 520 g/mol. The molecule has 0 unspecified atom stereocenters. The summed E-state index contributed by atoms with van der Waals surface area (Å²) in [5.41, 5.74) is 6.53. The van der Waals surface area contributed by atoms with Crippen molar-refractivity contribution in [3.05, 3.63) is 91.6 Å². The van der Waals surface area contributed by atoms with Crippen molar-refractivity contribution in [2.75, 3.05) is 5.32 Å². The molecule has 0 saturated heterocycles. The molecule has 4 N–H and O–H groups in total. The third-order valence-corrected chi connectivity index (χ3v) is 6.15. The lowest BCUT2D eigenvalue weighted by atomic mass is 10.0. The Labute approximate surface area is 217 Å². The first-order valence-corrected chi connectivity index (χ1v) is 12.3. The fraction of sp³-hybridized carbons (Fsp3) is 0.296. The predicted molar refractivity (Wildman–Crippen MR) is 141 cm³/mol. The van der Waals surface area contributed by atoms with E-state index in [1.54, 1.807) is 30.3 Å². The van der Waals surface area contributed by atoms with Crippen molar-refractivity contribution >= 4 is 28.7 Å². The predicted octanol–water partition coefficient (Wildman–Crippen LogP) is 2.45. The second-order valence-electron chi connectivity index (χ2n) is 9.15. The lowest BCUT2D eigenvalue weighted by Gasteiger charge is -2.11. The normalized spacial score (nSPS) is 11.1. The number of imidazole rings is 1. The molecule has 0 aliphatic heterocycles. The number of nitrogens with one attached hydrogen (secondary N) is 2. The summed E-state index contributed by atoms with van der Waals surface area (Å²) >= 11 is 0. The molecule has 4 aromatic rings. The average Bonchev–Trinajstić information content (AvgIpc) is 3.27. The number of hydrogen-bond acceptors (Lipinski definition) is 5. The van der Waals surface area contributed by atoms with Gasteiger partial charge in [0, 0.05) is 31.1 Å². The molecule has 2 aromatic heterocycles. The van der Waals surface area contributed by atoms with Gasteiger partial charge in [0.15, 0.2) is 5.65 Å². The number of benzene rings is 2. The van der Waals surface area contributed by atoms with Crippen molar-refractivity contribution < 1.29 is 14.0 Å². The molecule has 0 aliphatic rings. The van der Waals surface area contributed by atoms with E-state index in [-0.39, 0.29) is 42.0 Å². The summed E-state index contributed by atoms with van der Waals surface area (Å²) in [4.78, 5) is 57.5. The van der Waals surface area contributed by atoms with Gasteiger partial charge in [0.05, 0.1) is 13.0 Å². The van der Waals surface area contributed by atoms with E-state index in [1.807, 2.05) is 6.92 Å². The zero-order valence-electron chi connectivity index (χ0n) is 21.2. The SMILES string of the molecule is CCCCn1c(=O)n(Cc2ccccc2F)c(=O)c2[nH]c(Cc3ccc(CC(N)=O)cc3NC(C)=O)nc21. The highest BCUT2D eigenvalue weighted by atomic mass is 19.1. The summed E-state index contributed by atoms with van der Waals surface area (Å²) in [5, 5.41) is 2.75. The Kier molecular flexibility index (Phi) is 7.85. The largest absolute Gasteiger partial charge is 0.369 e. The van der Waals surface area contributed by atoms with Crippen LogP contribution in [-0.2, 0) is 35.5 Å². The molecule has 2 aromatic carbocycles. The Bertz CT molecular complexity index is 1640. The van der Waals surface area contributed by atoms with Crippen LogP contribution >= 0.6 is 0 Å². The van der Waals surface area contributed by atoms with Gasteiger partial charge in [-0.25, -0.2) is 14.2 Å². The van der Waals surface area contributed by atoms with Crippen molar-refractivity contribution in [2.45, 2.75) is 52.6 Å². The average molecular weight is 521 g/mol. The maximum Gasteiger partial charge on any atom is 0.333 e. The van der Waals surface area contributed by atoms with Crippen LogP contribution in [0.1, 0.15) is 49.2 Å². The highest BCUT2D eigenvalue weighted by Crippen LogP contribution is 2.22. The molecular weight excluding hydrogens is 491 g/mol. The molecule has 0 aliphatic carbocycles. The van der Waals surface area contributed by atoms with Crippen LogP contribution in [-0.4, -0.2) is 30.9 Å². The minimum atomic E-state index is -0.598. The molecule has 2 heterocycles. The maximum atomic E-state index is 14.3. The number of H-pyrrole nitrogens is 1. The van der Waals surface area contributed by atoms with Crippen molar-refractivity contribution in [3.63, 3.8) is 0 Å². The molecule has 0 atom stereocenters. The number of hydrogen-bond donors (Lipinski definition) is 3. The van der Waals surface area contributed by atoms with Crippen LogP contribution in [0.4, 0.5) is 10.1 Å². The molecule has 0 spiro atoms. The molecule has 11 heteroatoms. The molecule has 198 valence electrons. The van der Waals surface area contributed by atoms with Gasteiger partial charge in [0.2, 0.25) is 11.8 Å². The smallest absolute Gasteiger partial charge is 0.333 e. The second-order valence-corrected chi connectivity index (χ2v) is 9.15. The number of unbranched alkanes of at least 4 members (excludes halogenated alkanes) is 1. The van der Waals surface area contributed by atoms with Crippen LogP contribution in [0.5, 0.6) is 0 Å². The quantitative estimate of drug-likeness (QED) is 0.294. The topological polar surface area (TPSA) is 145 Å². The molecule has 4 rings (SSSR count). The number of carbonyl (C=O) groups excluding carboxylic acids is 2. The lowest BCUT2D eigenvalue weighted by molar-refractivity contribution is -0.117. The number of primary amides is 1. The number of rotatable bonds is 10. The van der Waals surface area contributed by atoms with E-state index in [2.05, 4.69) is 15.3 Å². The molecule has 2 amide bonds. The molecule has 38 heavy (non-hydrogen) atoms. The number of aromatic amines is 1. The van der Waals surface area contributed by atoms with Gasteiger partial charge in [-0.05, 0) is 29.7 Å². The summed E-state index contributed by atoms with van der Waals surface area (Å²) in [6, 6.07) is 11.1. The van der Waals surface area contributed by atoms with Gasteiger partial charge < -0.3 is 16.0 Å².